The summed E-state index contributed by atoms with van der Waals surface area (Å²) in [6, 6.07) is 14.2. The van der Waals surface area contributed by atoms with Gasteiger partial charge in [0.25, 0.3) is 0 Å². The van der Waals surface area contributed by atoms with Gasteiger partial charge in [0, 0.05) is 11.8 Å². The molecule has 0 saturated carbocycles. The maximum Gasteiger partial charge on any atom is 0.338 e. The number of unbranched alkanes of at least 4 members (excludes halogenated alkanes) is 1. The molecule has 0 bridgehead atoms. The Labute approximate surface area is 160 Å². The van der Waals surface area contributed by atoms with Crippen molar-refractivity contribution < 1.29 is 19.1 Å². The summed E-state index contributed by atoms with van der Waals surface area (Å²) in [7, 11) is 0. The normalized spacial score (nSPS) is 10.6. The third-order valence-electron chi connectivity index (χ3n) is 3.74. The molecule has 0 spiro atoms. The van der Waals surface area contributed by atoms with Crippen molar-refractivity contribution in [1.29, 1.82) is 0 Å². The molecule has 2 aromatic carbocycles. The summed E-state index contributed by atoms with van der Waals surface area (Å²) in [4.78, 5) is 23.6. The van der Waals surface area contributed by atoms with Crippen LogP contribution in [0.25, 0.3) is 6.08 Å². The summed E-state index contributed by atoms with van der Waals surface area (Å²) in [5.74, 6) is 0.200. The van der Waals surface area contributed by atoms with Crippen LogP contribution in [0.15, 0.2) is 54.6 Å². The number of esters is 1. The molecule has 0 atom stereocenters. The molecule has 2 aromatic rings. The van der Waals surface area contributed by atoms with Crippen LogP contribution in [-0.2, 0) is 9.53 Å². The van der Waals surface area contributed by atoms with Gasteiger partial charge < -0.3 is 14.8 Å². The molecule has 0 unspecified atom stereocenters. The Morgan fingerprint density at radius 2 is 1.70 bits per heavy atom. The summed E-state index contributed by atoms with van der Waals surface area (Å²) in [6.07, 6.45) is 5.33. The molecule has 5 nitrogen and oxygen atoms in total. The Morgan fingerprint density at radius 3 is 2.33 bits per heavy atom. The van der Waals surface area contributed by atoms with Crippen molar-refractivity contribution in [3.63, 3.8) is 0 Å². The summed E-state index contributed by atoms with van der Waals surface area (Å²) in [5.41, 5.74) is 1.97. The van der Waals surface area contributed by atoms with Crippen LogP contribution in [0.4, 0.5) is 5.69 Å². The number of hydrogen-bond acceptors (Lipinski definition) is 4. The lowest BCUT2D eigenvalue weighted by Crippen LogP contribution is -2.08. The fourth-order valence-electron chi connectivity index (χ4n) is 2.27. The molecule has 0 saturated heterocycles. The van der Waals surface area contributed by atoms with Crippen molar-refractivity contribution in [2.45, 2.75) is 26.7 Å². The molecule has 0 radical (unpaired) electrons. The second-order valence-corrected chi connectivity index (χ2v) is 5.89. The molecule has 0 aliphatic carbocycles. The fourth-order valence-corrected chi connectivity index (χ4v) is 2.27. The van der Waals surface area contributed by atoms with Gasteiger partial charge >= 0.3 is 5.97 Å². The highest BCUT2D eigenvalue weighted by atomic mass is 16.5. The van der Waals surface area contributed by atoms with Crippen molar-refractivity contribution in [3.8, 4) is 5.75 Å². The zero-order valence-electron chi connectivity index (χ0n) is 15.7. The van der Waals surface area contributed by atoms with Crippen molar-refractivity contribution in [2.24, 2.45) is 0 Å². The van der Waals surface area contributed by atoms with Gasteiger partial charge in [0.05, 0.1) is 18.8 Å². The number of ether oxygens (including phenoxy) is 2. The van der Waals surface area contributed by atoms with Gasteiger partial charge in [-0.1, -0.05) is 25.5 Å². The van der Waals surface area contributed by atoms with Crippen molar-refractivity contribution in [3.05, 3.63) is 65.7 Å². The van der Waals surface area contributed by atoms with Gasteiger partial charge in [-0.25, -0.2) is 4.79 Å². The molecule has 1 N–H and O–H groups in total. The lowest BCUT2D eigenvalue weighted by Gasteiger charge is -2.05. The number of amides is 1. The molecule has 0 aromatic heterocycles. The zero-order chi connectivity index (χ0) is 19.5. The highest BCUT2D eigenvalue weighted by Crippen LogP contribution is 2.14. The largest absolute Gasteiger partial charge is 0.494 e. The van der Waals surface area contributed by atoms with E-state index in [9.17, 15) is 9.59 Å². The van der Waals surface area contributed by atoms with Gasteiger partial charge in [0.15, 0.2) is 0 Å². The summed E-state index contributed by atoms with van der Waals surface area (Å²) >= 11 is 0. The fraction of sp³-hybridized carbons (Fsp3) is 0.273. The second kappa shape index (κ2) is 10.8. The monoisotopic (exact) mass is 367 g/mol. The number of hydrogen-bond donors (Lipinski definition) is 1. The Hall–Kier alpha value is -3.08. The number of benzene rings is 2. The van der Waals surface area contributed by atoms with E-state index in [1.807, 2.05) is 24.3 Å². The molecule has 0 aliphatic heterocycles. The predicted octanol–water partition coefficient (Wildman–Crippen LogP) is 4.69. The van der Waals surface area contributed by atoms with Crippen molar-refractivity contribution in [2.75, 3.05) is 18.5 Å². The van der Waals surface area contributed by atoms with Crippen molar-refractivity contribution in [1.82, 2.24) is 0 Å². The molecule has 0 heterocycles. The minimum atomic E-state index is -0.377. The van der Waals surface area contributed by atoms with Crippen LogP contribution in [-0.4, -0.2) is 25.1 Å². The van der Waals surface area contributed by atoms with Crippen LogP contribution in [0.2, 0.25) is 0 Å². The minimum Gasteiger partial charge on any atom is -0.494 e. The minimum absolute atomic E-state index is 0.248. The first-order valence-electron chi connectivity index (χ1n) is 9.11. The molecule has 27 heavy (non-hydrogen) atoms. The first kappa shape index (κ1) is 20.2. The van der Waals surface area contributed by atoms with Crippen LogP contribution >= 0.6 is 0 Å². The van der Waals surface area contributed by atoms with E-state index in [0.717, 1.165) is 24.2 Å². The van der Waals surface area contributed by atoms with Crippen LogP contribution in [0.3, 0.4) is 0 Å². The maximum atomic E-state index is 12.0. The van der Waals surface area contributed by atoms with Gasteiger partial charge in [0.1, 0.15) is 5.75 Å². The lowest BCUT2D eigenvalue weighted by molar-refractivity contribution is -0.111. The van der Waals surface area contributed by atoms with Gasteiger partial charge in [-0.3, -0.25) is 4.79 Å². The third kappa shape index (κ3) is 6.98. The Morgan fingerprint density at radius 1 is 1.00 bits per heavy atom. The van der Waals surface area contributed by atoms with Gasteiger partial charge in [-0.05, 0) is 61.4 Å². The third-order valence-corrected chi connectivity index (χ3v) is 3.74. The quantitative estimate of drug-likeness (QED) is 0.397. The number of carbonyl (C=O) groups excluding carboxylic acids is 2. The molecule has 2 rings (SSSR count). The first-order valence-corrected chi connectivity index (χ1v) is 9.11. The van der Waals surface area contributed by atoms with E-state index in [2.05, 4.69) is 12.2 Å². The van der Waals surface area contributed by atoms with E-state index < -0.39 is 0 Å². The van der Waals surface area contributed by atoms with Gasteiger partial charge in [-0.15, -0.1) is 0 Å². The summed E-state index contributed by atoms with van der Waals surface area (Å²) < 4.78 is 10.5. The zero-order valence-corrected chi connectivity index (χ0v) is 15.7. The van der Waals surface area contributed by atoms with E-state index in [-0.39, 0.29) is 11.9 Å². The molecular weight excluding hydrogens is 342 g/mol. The van der Waals surface area contributed by atoms with E-state index in [1.54, 1.807) is 37.3 Å². The van der Waals surface area contributed by atoms with Crippen LogP contribution in [0, 0.1) is 0 Å². The SMILES string of the molecule is CCCCOc1ccc(/C=C/C(=O)Nc2ccc(C(=O)OCC)cc2)cc1. The Balaban J connectivity index is 1.86. The molecule has 142 valence electrons. The average Bonchev–Trinajstić information content (AvgIpc) is 2.68. The molecule has 0 aliphatic rings. The topological polar surface area (TPSA) is 64.6 Å². The molecule has 0 fully saturated rings. The van der Waals surface area contributed by atoms with E-state index in [4.69, 9.17) is 9.47 Å². The number of rotatable bonds is 9. The average molecular weight is 367 g/mol. The maximum absolute atomic E-state index is 12.0. The number of carbonyl (C=O) groups is 2. The van der Waals surface area contributed by atoms with Crippen LogP contribution in [0.5, 0.6) is 5.75 Å². The molecular formula is C22H25NO4. The highest BCUT2D eigenvalue weighted by molar-refractivity contribution is 6.02. The predicted molar refractivity (Wildman–Crippen MR) is 107 cm³/mol. The Kier molecular flexibility index (Phi) is 8.10. The van der Waals surface area contributed by atoms with Crippen molar-refractivity contribution >= 4 is 23.6 Å². The Bertz CT molecular complexity index is 764. The summed E-state index contributed by atoms with van der Waals surface area (Å²) in [6.45, 7) is 4.92. The van der Waals surface area contributed by atoms with E-state index in [1.165, 1.54) is 6.08 Å². The second-order valence-electron chi connectivity index (χ2n) is 5.89. The standard InChI is InChI=1S/C22H25NO4/c1-3-5-16-27-20-13-6-17(7-14-20)8-15-21(24)23-19-11-9-18(10-12-19)22(25)26-4-2/h6-15H,3-5,16H2,1-2H3,(H,23,24)/b15-8+. The van der Waals surface area contributed by atoms with Gasteiger partial charge in [0.2, 0.25) is 5.91 Å². The lowest BCUT2D eigenvalue weighted by atomic mass is 10.2. The first-order chi connectivity index (χ1) is 13.1. The molecule has 1 amide bonds. The van der Waals surface area contributed by atoms with Crippen LogP contribution in [0.1, 0.15) is 42.6 Å². The summed E-state index contributed by atoms with van der Waals surface area (Å²) in [5, 5.41) is 2.75. The number of anilines is 1. The number of nitrogens with one attached hydrogen (secondary N) is 1. The van der Waals surface area contributed by atoms with Gasteiger partial charge in [-0.2, -0.15) is 0 Å². The van der Waals surface area contributed by atoms with E-state index >= 15 is 0 Å². The molecule has 5 heteroatoms. The van der Waals surface area contributed by atoms with E-state index in [0.29, 0.717) is 24.5 Å². The van der Waals surface area contributed by atoms with Crippen LogP contribution < -0.4 is 10.1 Å². The smallest absolute Gasteiger partial charge is 0.338 e. The highest BCUT2D eigenvalue weighted by Gasteiger charge is 2.06.